The lowest BCUT2D eigenvalue weighted by Crippen LogP contribution is -2.23. The van der Waals surface area contributed by atoms with Gasteiger partial charge < -0.3 is 10.4 Å². The third-order valence-corrected chi connectivity index (χ3v) is 2.73. The van der Waals surface area contributed by atoms with Crippen molar-refractivity contribution in [3.05, 3.63) is 0 Å². The van der Waals surface area contributed by atoms with E-state index in [1.807, 2.05) is 0 Å². The highest BCUT2D eigenvalue weighted by Gasteiger charge is 2.14. The molecular weight excluding hydrogens is 150 g/mol. The maximum Gasteiger partial charge on any atom is 0.0540 e. The molecule has 12 heavy (non-hydrogen) atoms. The van der Waals surface area contributed by atoms with Crippen molar-refractivity contribution in [2.45, 2.75) is 45.1 Å². The average molecular weight is 171 g/mol. The lowest BCUT2D eigenvalue weighted by atomic mass is 9.96. The van der Waals surface area contributed by atoms with Crippen molar-refractivity contribution >= 4 is 0 Å². The molecule has 1 aliphatic rings. The van der Waals surface area contributed by atoms with E-state index < -0.39 is 0 Å². The molecule has 2 atom stereocenters. The van der Waals surface area contributed by atoms with Gasteiger partial charge >= 0.3 is 0 Å². The van der Waals surface area contributed by atoms with Gasteiger partial charge in [0.1, 0.15) is 0 Å². The Morgan fingerprint density at radius 3 is 3.08 bits per heavy atom. The molecule has 2 N–H and O–H groups in total. The first-order valence-corrected chi connectivity index (χ1v) is 5.21. The third-order valence-electron chi connectivity index (χ3n) is 2.73. The molecule has 0 aromatic heterocycles. The second kappa shape index (κ2) is 5.55. The van der Waals surface area contributed by atoms with E-state index in [0.29, 0.717) is 5.92 Å². The zero-order valence-electron chi connectivity index (χ0n) is 8.05. The number of rotatable bonds is 3. The summed E-state index contributed by atoms with van der Waals surface area (Å²) in [6.07, 6.45) is 5.74. The molecule has 0 aliphatic carbocycles. The van der Waals surface area contributed by atoms with Crippen LogP contribution in [0.2, 0.25) is 0 Å². The molecule has 1 heterocycles. The molecule has 0 amide bonds. The Bertz CT molecular complexity index is 108. The monoisotopic (exact) mass is 171 g/mol. The highest BCUT2D eigenvalue weighted by atomic mass is 16.3. The molecule has 2 heteroatoms. The number of aliphatic hydroxyl groups is 1. The summed E-state index contributed by atoms with van der Waals surface area (Å²) in [7, 11) is 0. The summed E-state index contributed by atoms with van der Waals surface area (Å²) < 4.78 is 0. The van der Waals surface area contributed by atoms with Gasteiger partial charge in [0.25, 0.3) is 0 Å². The minimum Gasteiger partial charge on any atom is -0.393 e. The van der Waals surface area contributed by atoms with Gasteiger partial charge in [0.2, 0.25) is 0 Å². The van der Waals surface area contributed by atoms with Gasteiger partial charge in [-0.3, -0.25) is 0 Å². The third kappa shape index (κ3) is 3.55. The van der Waals surface area contributed by atoms with Crippen LogP contribution in [0.15, 0.2) is 0 Å². The van der Waals surface area contributed by atoms with Gasteiger partial charge in [-0.2, -0.15) is 0 Å². The summed E-state index contributed by atoms with van der Waals surface area (Å²) in [5.41, 5.74) is 0. The molecule has 1 rings (SSSR count). The number of nitrogens with one attached hydrogen (secondary N) is 1. The van der Waals surface area contributed by atoms with Gasteiger partial charge in [0.05, 0.1) is 6.10 Å². The van der Waals surface area contributed by atoms with Gasteiger partial charge in [-0.05, 0) is 44.7 Å². The zero-order chi connectivity index (χ0) is 8.81. The Balaban J connectivity index is 2.20. The van der Waals surface area contributed by atoms with Crippen molar-refractivity contribution in [1.82, 2.24) is 5.32 Å². The van der Waals surface area contributed by atoms with Gasteiger partial charge in [-0.25, -0.2) is 0 Å². The standard InChI is InChI=1S/C10H21NO/c1-2-10(12)7-9-5-3-4-6-11-8-9/h9-12H,2-8H2,1H3. The van der Waals surface area contributed by atoms with Crippen molar-refractivity contribution in [2.75, 3.05) is 13.1 Å². The Hall–Kier alpha value is -0.0800. The van der Waals surface area contributed by atoms with Crippen LogP contribution in [-0.2, 0) is 0 Å². The van der Waals surface area contributed by atoms with E-state index in [4.69, 9.17) is 0 Å². The maximum atomic E-state index is 9.47. The quantitative estimate of drug-likeness (QED) is 0.675. The molecule has 0 aromatic rings. The fourth-order valence-electron chi connectivity index (χ4n) is 1.84. The summed E-state index contributed by atoms with van der Waals surface area (Å²) in [4.78, 5) is 0. The van der Waals surface area contributed by atoms with E-state index in [-0.39, 0.29) is 6.10 Å². The Labute approximate surface area is 75.4 Å². The first-order valence-electron chi connectivity index (χ1n) is 5.21. The van der Waals surface area contributed by atoms with Gasteiger partial charge in [-0.1, -0.05) is 13.3 Å². The molecule has 1 saturated heterocycles. The van der Waals surface area contributed by atoms with Crippen LogP contribution in [-0.4, -0.2) is 24.3 Å². The van der Waals surface area contributed by atoms with E-state index in [0.717, 1.165) is 19.4 Å². The zero-order valence-corrected chi connectivity index (χ0v) is 8.05. The van der Waals surface area contributed by atoms with Crippen LogP contribution < -0.4 is 5.32 Å². The van der Waals surface area contributed by atoms with Crippen molar-refractivity contribution < 1.29 is 5.11 Å². The molecule has 72 valence electrons. The van der Waals surface area contributed by atoms with Crippen LogP contribution >= 0.6 is 0 Å². The van der Waals surface area contributed by atoms with Crippen LogP contribution in [0.25, 0.3) is 0 Å². The molecule has 2 unspecified atom stereocenters. The molecule has 0 saturated carbocycles. The van der Waals surface area contributed by atoms with Crippen molar-refractivity contribution in [1.29, 1.82) is 0 Å². The maximum absolute atomic E-state index is 9.47. The Kier molecular flexibility index (Phi) is 4.62. The largest absolute Gasteiger partial charge is 0.393 e. The first-order chi connectivity index (χ1) is 5.83. The summed E-state index contributed by atoms with van der Waals surface area (Å²) >= 11 is 0. The second-order valence-corrected chi connectivity index (χ2v) is 3.86. The van der Waals surface area contributed by atoms with Gasteiger partial charge in [0, 0.05) is 0 Å². The molecule has 0 radical (unpaired) electrons. The second-order valence-electron chi connectivity index (χ2n) is 3.86. The molecule has 0 bridgehead atoms. The first kappa shape index (κ1) is 10.0. The fourth-order valence-corrected chi connectivity index (χ4v) is 1.84. The summed E-state index contributed by atoms with van der Waals surface area (Å²) in [6.45, 7) is 4.32. The molecule has 0 spiro atoms. The summed E-state index contributed by atoms with van der Waals surface area (Å²) in [6, 6.07) is 0. The normalized spacial score (nSPS) is 28.0. The fraction of sp³-hybridized carbons (Fsp3) is 1.00. The SMILES string of the molecule is CCC(O)CC1CCCCNC1. The van der Waals surface area contributed by atoms with Crippen molar-refractivity contribution in [3.8, 4) is 0 Å². The van der Waals surface area contributed by atoms with Crippen LogP contribution in [0.1, 0.15) is 39.0 Å². The Morgan fingerprint density at radius 1 is 1.50 bits per heavy atom. The average Bonchev–Trinajstić information content (AvgIpc) is 2.33. The smallest absolute Gasteiger partial charge is 0.0540 e. The molecule has 2 nitrogen and oxygen atoms in total. The predicted octanol–water partition coefficient (Wildman–Crippen LogP) is 1.54. The van der Waals surface area contributed by atoms with E-state index in [1.165, 1.54) is 25.8 Å². The predicted molar refractivity (Wildman–Crippen MR) is 51.1 cm³/mol. The Morgan fingerprint density at radius 2 is 2.33 bits per heavy atom. The highest BCUT2D eigenvalue weighted by molar-refractivity contribution is 4.70. The van der Waals surface area contributed by atoms with E-state index in [9.17, 15) is 5.11 Å². The van der Waals surface area contributed by atoms with Gasteiger partial charge in [0.15, 0.2) is 0 Å². The minimum absolute atomic E-state index is 0.0742. The lowest BCUT2D eigenvalue weighted by molar-refractivity contribution is 0.136. The van der Waals surface area contributed by atoms with Crippen molar-refractivity contribution in [3.63, 3.8) is 0 Å². The van der Waals surface area contributed by atoms with Crippen molar-refractivity contribution in [2.24, 2.45) is 5.92 Å². The number of aliphatic hydroxyl groups excluding tert-OH is 1. The van der Waals surface area contributed by atoms with E-state index in [2.05, 4.69) is 12.2 Å². The minimum atomic E-state index is -0.0742. The van der Waals surface area contributed by atoms with Gasteiger partial charge in [-0.15, -0.1) is 0 Å². The molecule has 1 fully saturated rings. The highest BCUT2D eigenvalue weighted by Crippen LogP contribution is 2.17. The number of hydrogen-bond donors (Lipinski definition) is 2. The van der Waals surface area contributed by atoms with Crippen LogP contribution in [0.5, 0.6) is 0 Å². The summed E-state index contributed by atoms with van der Waals surface area (Å²) in [5.74, 6) is 0.711. The van der Waals surface area contributed by atoms with E-state index in [1.54, 1.807) is 0 Å². The topological polar surface area (TPSA) is 32.3 Å². The summed E-state index contributed by atoms with van der Waals surface area (Å²) in [5, 5.41) is 12.9. The lowest BCUT2D eigenvalue weighted by Gasteiger charge is -2.17. The molecule has 1 aliphatic heterocycles. The molecular formula is C10H21NO. The van der Waals surface area contributed by atoms with E-state index >= 15 is 0 Å². The molecule has 0 aromatic carbocycles. The van der Waals surface area contributed by atoms with Crippen LogP contribution in [0, 0.1) is 5.92 Å². The van der Waals surface area contributed by atoms with Crippen LogP contribution in [0.3, 0.4) is 0 Å². The van der Waals surface area contributed by atoms with Crippen LogP contribution in [0.4, 0.5) is 0 Å². The number of hydrogen-bond acceptors (Lipinski definition) is 2.